The van der Waals surface area contributed by atoms with Crippen LogP contribution >= 0.6 is 0 Å². The lowest BCUT2D eigenvalue weighted by Crippen LogP contribution is -2.36. The van der Waals surface area contributed by atoms with Crippen LogP contribution in [-0.2, 0) is 16.1 Å². The molecule has 10 heteroatoms. The molecule has 0 aliphatic heterocycles. The Hall–Kier alpha value is -3.69. The van der Waals surface area contributed by atoms with Crippen LogP contribution in [0.15, 0.2) is 30.5 Å². The molecule has 0 saturated heterocycles. The molecule has 0 aliphatic rings. The first kappa shape index (κ1) is 27.9. The van der Waals surface area contributed by atoms with Crippen LogP contribution < -0.4 is 16.4 Å². The van der Waals surface area contributed by atoms with E-state index in [1.807, 2.05) is 71.3 Å². The summed E-state index contributed by atoms with van der Waals surface area (Å²) in [5.41, 5.74) is 6.49. The number of anilines is 3. The average molecular weight is 513 g/mol. The number of hydrogen-bond acceptors (Lipinski definition) is 7. The van der Waals surface area contributed by atoms with E-state index < -0.39 is 17.3 Å². The Bertz CT molecular complexity index is 1280. The van der Waals surface area contributed by atoms with Crippen molar-refractivity contribution in [1.29, 1.82) is 0 Å². The number of fused-ring (bicyclic) bond motifs is 1. The number of carbonyl (C=O) groups excluding carboxylic acids is 2. The number of amides is 1. The maximum Gasteiger partial charge on any atom is 0.306 e. The van der Waals surface area contributed by atoms with Crippen molar-refractivity contribution in [3.05, 3.63) is 41.8 Å². The molecule has 0 radical (unpaired) electrons. The number of esters is 1. The Balaban J connectivity index is 1.89. The SMILES string of the molecule is CCn1ncc2cc(Nc3nc(N[C@H](C(C)C)[C@H](C)CC(=O)OC(C)(C)C)c(F)cc3C(N)=O)ccc21. The van der Waals surface area contributed by atoms with Crippen LogP contribution in [0.1, 0.15) is 65.2 Å². The van der Waals surface area contributed by atoms with E-state index in [1.54, 1.807) is 6.20 Å². The summed E-state index contributed by atoms with van der Waals surface area (Å²) in [7, 11) is 0. The highest BCUT2D eigenvalue weighted by Gasteiger charge is 2.28. The van der Waals surface area contributed by atoms with Gasteiger partial charge in [0.15, 0.2) is 11.6 Å². The number of primary amides is 1. The van der Waals surface area contributed by atoms with Crippen LogP contribution in [0.25, 0.3) is 10.9 Å². The highest BCUT2D eigenvalue weighted by atomic mass is 19.1. The zero-order valence-corrected chi connectivity index (χ0v) is 22.6. The summed E-state index contributed by atoms with van der Waals surface area (Å²) < 4.78 is 22.4. The summed E-state index contributed by atoms with van der Waals surface area (Å²) >= 11 is 0. The van der Waals surface area contributed by atoms with Crippen molar-refractivity contribution in [2.24, 2.45) is 17.6 Å². The minimum Gasteiger partial charge on any atom is -0.460 e. The summed E-state index contributed by atoms with van der Waals surface area (Å²) in [5.74, 6) is -1.89. The molecule has 2 heterocycles. The smallest absolute Gasteiger partial charge is 0.306 e. The summed E-state index contributed by atoms with van der Waals surface area (Å²) in [6.07, 6.45) is 1.91. The lowest BCUT2D eigenvalue weighted by Gasteiger charge is -2.30. The Morgan fingerprint density at radius 2 is 1.86 bits per heavy atom. The summed E-state index contributed by atoms with van der Waals surface area (Å²) in [6.45, 7) is 14.0. The van der Waals surface area contributed by atoms with E-state index in [-0.39, 0.29) is 47.5 Å². The molecule has 9 nitrogen and oxygen atoms in total. The highest BCUT2D eigenvalue weighted by molar-refractivity contribution is 5.99. The van der Waals surface area contributed by atoms with Gasteiger partial charge in [-0.3, -0.25) is 14.3 Å². The monoisotopic (exact) mass is 512 g/mol. The number of aryl methyl sites for hydroxylation is 1. The van der Waals surface area contributed by atoms with Crippen LogP contribution in [0.3, 0.4) is 0 Å². The number of hydrogen-bond donors (Lipinski definition) is 3. The van der Waals surface area contributed by atoms with E-state index in [0.29, 0.717) is 5.69 Å². The number of carbonyl (C=O) groups is 2. The van der Waals surface area contributed by atoms with Gasteiger partial charge in [-0.2, -0.15) is 5.10 Å². The van der Waals surface area contributed by atoms with Crippen LogP contribution in [-0.4, -0.2) is 38.3 Å². The van der Waals surface area contributed by atoms with E-state index in [2.05, 4.69) is 20.7 Å². The number of rotatable bonds is 10. The van der Waals surface area contributed by atoms with Crippen molar-refractivity contribution in [1.82, 2.24) is 14.8 Å². The predicted octanol–water partition coefficient (Wildman–Crippen LogP) is 5.24. The standard InChI is InChI=1S/C27H37FN6O3/c1-8-34-21-10-9-18(12-17(21)14-30-34)31-25-19(24(29)36)13-20(28)26(33-25)32-23(15(2)3)16(4)11-22(35)37-27(5,6)7/h9-10,12-16,23H,8,11H2,1-7H3,(H2,29,36)(H2,31,32,33)/t16-,23-/m1/s1. The maximum atomic E-state index is 15.1. The van der Waals surface area contributed by atoms with Gasteiger partial charge in [-0.1, -0.05) is 20.8 Å². The van der Waals surface area contributed by atoms with Gasteiger partial charge in [-0.05, 0) is 63.8 Å². The van der Waals surface area contributed by atoms with Gasteiger partial charge in [0.1, 0.15) is 11.4 Å². The molecule has 4 N–H and O–H groups in total. The van der Waals surface area contributed by atoms with Gasteiger partial charge in [0.05, 0.1) is 23.7 Å². The molecule has 0 unspecified atom stereocenters. The normalized spacial score (nSPS) is 13.4. The van der Waals surface area contributed by atoms with E-state index in [1.165, 1.54) is 0 Å². The average Bonchev–Trinajstić information content (AvgIpc) is 3.19. The number of ether oxygens (including phenoxy) is 1. The van der Waals surface area contributed by atoms with Gasteiger partial charge in [-0.15, -0.1) is 0 Å². The van der Waals surface area contributed by atoms with E-state index in [9.17, 15) is 9.59 Å². The summed E-state index contributed by atoms with van der Waals surface area (Å²) in [4.78, 5) is 28.9. The van der Waals surface area contributed by atoms with Crippen molar-refractivity contribution >= 4 is 40.1 Å². The quantitative estimate of drug-likeness (QED) is 0.317. The number of nitrogens with two attached hydrogens (primary N) is 1. The second kappa shape index (κ2) is 11.1. The molecular weight excluding hydrogens is 475 g/mol. The van der Waals surface area contributed by atoms with E-state index >= 15 is 4.39 Å². The molecule has 0 fully saturated rings. The molecule has 0 bridgehead atoms. The molecular formula is C27H37FN6O3. The number of aromatic nitrogens is 3. The van der Waals surface area contributed by atoms with Crippen molar-refractivity contribution in [3.63, 3.8) is 0 Å². The Morgan fingerprint density at radius 1 is 1.16 bits per heavy atom. The highest BCUT2D eigenvalue weighted by Crippen LogP contribution is 2.29. The van der Waals surface area contributed by atoms with E-state index in [0.717, 1.165) is 23.5 Å². The summed E-state index contributed by atoms with van der Waals surface area (Å²) in [5, 5.41) is 11.5. The maximum absolute atomic E-state index is 15.1. The van der Waals surface area contributed by atoms with Crippen LogP contribution in [0, 0.1) is 17.7 Å². The third kappa shape index (κ3) is 6.96. The Labute approximate surface area is 217 Å². The summed E-state index contributed by atoms with van der Waals surface area (Å²) in [6, 6.07) is 6.39. The van der Waals surface area contributed by atoms with Gasteiger partial charge >= 0.3 is 5.97 Å². The molecule has 0 saturated carbocycles. The van der Waals surface area contributed by atoms with Crippen molar-refractivity contribution in [2.45, 2.75) is 73.1 Å². The second-order valence-corrected chi connectivity index (χ2v) is 10.6. The Kier molecular flexibility index (Phi) is 8.40. The third-order valence-corrected chi connectivity index (χ3v) is 5.99. The van der Waals surface area contributed by atoms with Gasteiger partial charge < -0.3 is 21.1 Å². The molecule has 1 amide bonds. The zero-order valence-electron chi connectivity index (χ0n) is 22.6. The third-order valence-electron chi connectivity index (χ3n) is 5.99. The number of halogens is 1. The first-order chi connectivity index (χ1) is 17.3. The number of nitrogens with zero attached hydrogens (tertiary/aromatic N) is 3. The van der Waals surface area contributed by atoms with Crippen LogP contribution in [0.2, 0.25) is 0 Å². The topological polar surface area (TPSA) is 124 Å². The molecule has 1 aromatic carbocycles. The fraction of sp³-hybridized carbons (Fsp3) is 0.481. The lowest BCUT2D eigenvalue weighted by molar-refractivity contribution is -0.156. The second-order valence-electron chi connectivity index (χ2n) is 10.6. The van der Waals surface area contributed by atoms with Crippen LogP contribution in [0.4, 0.5) is 21.7 Å². The van der Waals surface area contributed by atoms with Gasteiger partial charge in [0, 0.05) is 23.7 Å². The molecule has 0 spiro atoms. The first-order valence-electron chi connectivity index (χ1n) is 12.5. The van der Waals surface area contributed by atoms with Crippen LogP contribution in [0.5, 0.6) is 0 Å². The first-order valence-corrected chi connectivity index (χ1v) is 12.5. The molecule has 37 heavy (non-hydrogen) atoms. The largest absolute Gasteiger partial charge is 0.460 e. The number of benzene rings is 1. The molecule has 200 valence electrons. The zero-order chi connectivity index (χ0) is 27.5. The number of nitrogens with one attached hydrogen (secondary N) is 2. The number of pyridine rings is 1. The minimum absolute atomic E-state index is 0.0397. The van der Waals surface area contributed by atoms with E-state index in [4.69, 9.17) is 10.5 Å². The fourth-order valence-electron chi connectivity index (χ4n) is 4.32. The predicted molar refractivity (Wildman–Crippen MR) is 143 cm³/mol. The van der Waals surface area contributed by atoms with Crippen molar-refractivity contribution in [3.8, 4) is 0 Å². The lowest BCUT2D eigenvalue weighted by atomic mass is 9.89. The van der Waals surface area contributed by atoms with Gasteiger partial charge in [0.25, 0.3) is 5.91 Å². The minimum atomic E-state index is -0.806. The van der Waals surface area contributed by atoms with Gasteiger partial charge in [0.2, 0.25) is 0 Å². The van der Waals surface area contributed by atoms with Gasteiger partial charge in [-0.25, -0.2) is 9.37 Å². The molecule has 2 aromatic heterocycles. The molecule has 2 atom stereocenters. The Morgan fingerprint density at radius 3 is 2.46 bits per heavy atom. The molecule has 3 rings (SSSR count). The van der Waals surface area contributed by atoms with Crippen molar-refractivity contribution < 1.29 is 18.7 Å². The molecule has 3 aromatic rings. The molecule has 0 aliphatic carbocycles. The van der Waals surface area contributed by atoms with Crippen molar-refractivity contribution in [2.75, 3.05) is 10.6 Å². The fourth-order valence-corrected chi connectivity index (χ4v) is 4.32.